The van der Waals surface area contributed by atoms with Gasteiger partial charge in [0.25, 0.3) is 23.6 Å². The fourth-order valence-corrected chi connectivity index (χ4v) is 12.2. The highest BCUT2D eigenvalue weighted by molar-refractivity contribution is 7.25. The predicted octanol–water partition coefficient (Wildman–Crippen LogP) is 11.7. The molecule has 10 rings (SSSR count). The molecule has 0 saturated heterocycles. The van der Waals surface area contributed by atoms with E-state index in [9.17, 15) is 24.0 Å². The molecule has 0 radical (unpaired) electrons. The minimum absolute atomic E-state index is 0.00689. The van der Waals surface area contributed by atoms with Crippen molar-refractivity contribution in [3.05, 3.63) is 92.4 Å². The lowest BCUT2D eigenvalue weighted by atomic mass is 9.79. The predicted molar refractivity (Wildman–Crippen MR) is 226 cm³/mol. The fourth-order valence-electron chi connectivity index (χ4n) is 9.82. The highest BCUT2D eigenvalue weighted by Gasteiger charge is 2.41. The molecule has 7 nitrogen and oxygen atoms in total. The molecule has 0 saturated carbocycles. The van der Waals surface area contributed by atoms with Gasteiger partial charge in [0.1, 0.15) is 0 Å². The summed E-state index contributed by atoms with van der Waals surface area (Å²) >= 11 is 3.17. The van der Waals surface area contributed by atoms with Crippen LogP contribution in [0.25, 0.3) is 63.3 Å². The number of benzene rings is 5. The summed E-state index contributed by atoms with van der Waals surface area (Å²) < 4.78 is 0. The van der Waals surface area contributed by atoms with Crippen LogP contribution in [0.1, 0.15) is 134 Å². The maximum atomic E-state index is 14.7. The summed E-state index contributed by atoms with van der Waals surface area (Å²) in [5.41, 5.74) is 5.06. The summed E-state index contributed by atoms with van der Waals surface area (Å²) in [5, 5.41) is 6.37. The maximum absolute atomic E-state index is 14.7. The highest BCUT2D eigenvalue weighted by Crippen LogP contribution is 2.54. The van der Waals surface area contributed by atoms with Gasteiger partial charge in [-0.3, -0.25) is 33.8 Å². The molecule has 2 aliphatic heterocycles. The molecule has 9 heteroatoms. The molecule has 4 heterocycles. The maximum Gasteiger partial charge on any atom is 0.261 e. The van der Waals surface area contributed by atoms with Crippen molar-refractivity contribution in [2.45, 2.75) is 92.2 Å². The van der Waals surface area contributed by atoms with Gasteiger partial charge < -0.3 is 0 Å². The smallest absolute Gasteiger partial charge is 0.261 e. The third-order valence-corrected chi connectivity index (χ3v) is 14.9. The van der Waals surface area contributed by atoms with E-state index in [1.807, 2.05) is 76.2 Å². The van der Waals surface area contributed by atoms with E-state index in [0.29, 0.717) is 45.0 Å². The normalized spacial score (nSPS) is 16.1. The number of ketones is 1. The van der Waals surface area contributed by atoms with Gasteiger partial charge in [-0.25, -0.2) is 0 Å². The zero-order valence-electron chi connectivity index (χ0n) is 32.3. The zero-order chi connectivity index (χ0) is 39.1. The van der Waals surface area contributed by atoms with Gasteiger partial charge in [0.15, 0.2) is 5.78 Å². The van der Waals surface area contributed by atoms with Gasteiger partial charge in [-0.2, -0.15) is 0 Å². The van der Waals surface area contributed by atoms with Crippen LogP contribution in [-0.4, -0.2) is 51.3 Å². The minimum Gasteiger partial charge on any atom is -0.288 e. The van der Waals surface area contributed by atoms with Crippen LogP contribution in [-0.2, 0) is 0 Å². The molecule has 56 heavy (non-hydrogen) atoms. The lowest BCUT2D eigenvalue weighted by Crippen LogP contribution is -2.46. The third-order valence-electron chi connectivity index (χ3n) is 12.5. The van der Waals surface area contributed by atoms with E-state index in [1.54, 1.807) is 22.7 Å². The standard InChI is InChI=1S/C47H40N2O5S2/c1-7-9-11-22(4)48-44(51)27-16-14-26-36-29(34-20-33-41(50)32-18-24(6)55-42(32)43(33)56-34)19-31-38-28(45(52)49(47(31)54)23(5)12-10-8-2)15-13-25(40(36)38)35-21(3)17-30(46(48)53)37(27)39(26)35/h13-20,22-23H,7-12H2,1-6H3. The second-order valence-corrected chi connectivity index (χ2v) is 18.3. The Hall–Kier alpha value is -5.25. The Morgan fingerprint density at radius 1 is 0.518 bits per heavy atom. The van der Waals surface area contributed by atoms with Crippen molar-refractivity contribution in [1.29, 1.82) is 0 Å². The zero-order valence-corrected chi connectivity index (χ0v) is 33.9. The topological polar surface area (TPSA) is 91.8 Å². The minimum atomic E-state index is -0.311. The molecule has 0 fully saturated rings. The molecule has 7 aromatic rings. The fraction of sp³-hybridized carbons (Fsp3) is 0.298. The van der Waals surface area contributed by atoms with Gasteiger partial charge in [-0.05, 0) is 115 Å². The Bertz CT molecular complexity index is 2970. The molecule has 2 aromatic heterocycles. The van der Waals surface area contributed by atoms with Crippen LogP contribution in [0.15, 0.2) is 48.5 Å². The number of hydrogen-bond acceptors (Lipinski definition) is 7. The van der Waals surface area contributed by atoms with Gasteiger partial charge in [0.05, 0.1) is 9.75 Å². The lowest BCUT2D eigenvalue weighted by molar-refractivity contribution is 0.0527. The van der Waals surface area contributed by atoms with Crippen molar-refractivity contribution in [3.63, 3.8) is 0 Å². The number of aryl methyl sites for hydroxylation is 2. The van der Waals surface area contributed by atoms with Crippen LogP contribution in [0.3, 0.4) is 0 Å². The van der Waals surface area contributed by atoms with E-state index in [0.717, 1.165) is 101 Å². The van der Waals surface area contributed by atoms with Crippen LogP contribution < -0.4 is 0 Å². The van der Waals surface area contributed by atoms with Crippen molar-refractivity contribution >= 4 is 95.2 Å². The Morgan fingerprint density at radius 2 is 1.02 bits per heavy atom. The number of rotatable bonds is 9. The number of fused-ring (bicyclic) bond motifs is 5. The van der Waals surface area contributed by atoms with Crippen LogP contribution in [0, 0.1) is 13.8 Å². The summed E-state index contributed by atoms with van der Waals surface area (Å²) in [6.07, 6.45) is 5.18. The summed E-state index contributed by atoms with van der Waals surface area (Å²) in [6, 6.07) is 14.9. The van der Waals surface area contributed by atoms with Crippen LogP contribution in [0.2, 0.25) is 0 Å². The van der Waals surface area contributed by atoms with Crippen molar-refractivity contribution in [1.82, 2.24) is 9.80 Å². The van der Waals surface area contributed by atoms with Gasteiger partial charge in [0.2, 0.25) is 0 Å². The van der Waals surface area contributed by atoms with E-state index in [4.69, 9.17) is 0 Å². The summed E-state index contributed by atoms with van der Waals surface area (Å²) in [5.74, 6) is -1.16. The average Bonchev–Trinajstić information content (AvgIpc) is 3.86. The number of carbonyl (C=O) groups excluding carboxylic acids is 5. The van der Waals surface area contributed by atoms with E-state index in [1.165, 1.54) is 9.80 Å². The van der Waals surface area contributed by atoms with Crippen molar-refractivity contribution in [3.8, 4) is 20.2 Å². The Kier molecular flexibility index (Phi) is 7.77. The molecule has 3 aliphatic rings. The quantitative estimate of drug-likeness (QED) is 0.0827. The number of nitrogens with zero attached hydrogens (tertiary/aromatic N) is 2. The monoisotopic (exact) mass is 776 g/mol. The molecule has 280 valence electrons. The average molecular weight is 777 g/mol. The number of unbranched alkanes of at least 4 members (excludes halogenated alkanes) is 2. The van der Waals surface area contributed by atoms with E-state index < -0.39 is 0 Å². The lowest BCUT2D eigenvalue weighted by Gasteiger charge is -2.34. The van der Waals surface area contributed by atoms with Crippen LogP contribution >= 0.6 is 22.7 Å². The van der Waals surface area contributed by atoms with Crippen molar-refractivity contribution < 1.29 is 24.0 Å². The number of hydrogen-bond donors (Lipinski definition) is 0. The molecule has 2 atom stereocenters. The molecule has 5 aromatic carbocycles. The first-order valence-corrected chi connectivity index (χ1v) is 21.4. The molecular weight excluding hydrogens is 737 g/mol. The second kappa shape index (κ2) is 12.4. The molecule has 1 aliphatic carbocycles. The molecular formula is C47H40N2O5S2. The van der Waals surface area contributed by atoms with Gasteiger partial charge in [0, 0.05) is 71.6 Å². The number of imide groups is 2. The second-order valence-electron chi connectivity index (χ2n) is 16.0. The Morgan fingerprint density at radius 3 is 1.61 bits per heavy atom. The highest BCUT2D eigenvalue weighted by atomic mass is 32.1. The van der Waals surface area contributed by atoms with Crippen LogP contribution in [0.5, 0.6) is 0 Å². The molecule has 0 bridgehead atoms. The van der Waals surface area contributed by atoms with Crippen molar-refractivity contribution in [2.24, 2.45) is 0 Å². The first-order valence-electron chi connectivity index (χ1n) is 19.8. The van der Waals surface area contributed by atoms with Gasteiger partial charge >= 0.3 is 0 Å². The third kappa shape index (κ3) is 4.52. The molecule has 4 amide bonds. The number of amides is 4. The first kappa shape index (κ1) is 35.2. The first-order chi connectivity index (χ1) is 27.0. The van der Waals surface area contributed by atoms with E-state index in [2.05, 4.69) is 13.8 Å². The number of thiophene rings is 2. The molecule has 2 unspecified atom stereocenters. The SMILES string of the molecule is CCCCC(C)N1C(=O)c2ccc3c4c(-c5cc6c(s5)-c5sc(C)cc5C6=O)cc5c6c(ccc(c7c(C)cc(c2c37)C1=O)c64)C(=O)N(C(C)CCCC)C5=O. The van der Waals surface area contributed by atoms with Gasteiger partial charge in [-0.1, -0.05) is 51.7 Å². The Labute approximate surface area is 332 Å². The van der Waals surface area contributed by atoms with Crippen LogP contribution in [0.4, 0.5) is 0 Å². The summed E-state index contributed by atoms with van der Waals surface area (Å²) in [7, 11) is 0. The van der Waals surface area contributed by atoms with E-state index in [-0.39, 0.29) is 41.5 Å². The van der Waals surface area contributed by atoms with Crippen molar-refractivity contribution in [2.75, 3.05) is 0 Å². The molecule has 0 spiro atoms. The summed E-state index contributed by atoms with van der Waals surface area (Å²) in [4.78, 5) is 78.3. The van der Waals surface area contributed by atoms with Gasteiger partial charge in [-0.15, -0.1) is 22.7 Å². The largest absolute Gasteiger partial charge is 0.288 e. The summed E-state index contributed by atoms with van der Waals surface area (Å²) in [6.45, 7) is 12.1. The van der Waals surface area contributed by atoms with E-state index >= 15 is 0 Å². The molecule has 0 N–H and O–H groups in total. The number of carbonyl (C=O) groups is 5. The Balaban J connectivity index is 1.32.